The average molecular weight is 470 g/mol. The number of nitrogens with one attached hydrogen (secondary N) is 3. The maximum Gasteiger partial charge on any atom is 0.328 e. The van der Waals surface area contributed by atoms with Gasteiger partial charge in [0.05, 0.1) is 27.8 Å². The monoisotopic (exact) mass is 469 g/mol. The summed E-state index contributed by atoms with van der Waals surface area (Å²) in [5.74, 6) is -1.24. The molecule has 0 saturated heterocycles. The summed E-state index contributed by atoms with van der Waals surface area (Å²) in [7, 11) is 0. The van der Waals surface area contributed by atoms with Gasteiger partial charge in [0.15, 0.2) is 0 Å². The third-order valence-electron chi connectivity index (χ3n) is 6.67. The molecule has 4 aliphatic rings. The highest BCUT2D eigenvalue weighted by molar-refractivity contribution is 6.39. The van der Waals surface area contributed by atoms with Crippen molar-refractivity contribution in [1.82, 2.24) is 16.0 Å². The van der Waals surface area contributed by atoms with Gasteiger partial charge >= 0.3 is 12.0 Å². The van der Waals surface area contributed by atoms with Gasteiger partial charge in [-0.1, -0.05) is 29.3 Å². The summed E-state index contributed by atoms with van der Waals surface area (Å²) in [6.07, 6.45) is 4.82. The number of aliphatic hydroxyl groups is 1. The predicted molar refractivity (Wildman–Crippen MR) is 114 cm³/mol. The summed E-state index contributed by atoms with van der Waals surface area (Å²) in [5, 5.41) is 28.3. The van der Waals surface area contributed by atoms with Gasteiger partial charge in [0.2, 0.25) is 0 Å². The van der Waals surface area contributed by atoms with Crippen LogP contribution < -0.4 is 16.0 Å². The molecule has 3 atom stereocenters. The molecule has 0 radical (unpaired) electrons. The first-order valence-corrected chi connectivity index (χ1v) is 11.1. The van der Waals surface area contributed by atoms with Gasteiger partial charge in [0.1, 0.15) is 6.04 Å². The standard InChI is InChI=1S/C21H25Cl2N3O5/c22-13-2-1-3-14(23)16(13)17(27)25-15(18(28)29)9-24-19(30)26-20-5-11-4-12(6-20)8-21(31,7-11)10-20/h1-3,11-12,15,31H,4-10H2,(H,25,27)(H,28,29)(H2,24,26,30)/t11?,12?,15-,20?,21?/m0/s1. The lowest BCUT2D eigenvalue weighted by Crippen LogP contribution is -2.66. The Kier molecular flexibility index (Phi) is 5.83. The molecule has 0 spiro atoms. The number of rotatable bonds is 6. The number of benzene rings is 1. The number of hydrogen-bond acceptors (Lipinski definition) is 4. The molecule has 8 nitrogen and oxygen atoms in total. The zero-order valence-corrected chi connectivity index (χ0v) is 18.3. The molecule has 4 saturated carbocycles. The van der Waals surface area contributed by atoms with E-state index in [9.17, 15) is 24.6 Å². The molecular formula is C21H25Cl2N3O5. The summed E-state index contributed by atoms with van der Waals surface area (Å²) in [4.78, 5) is 36.7. The zero-order valence-electron chi connectivity index (χ0n) is 16.8. The number of carboxylic acids is 1. The highest BCUT2D eigenvalue weighted by atomic mass is 35.5. The van der Waals surface area contributed by atoms with Crippen LogP contribution in [0.15, 0.2) is 18.2 Å². The third-order valence-corrected chi connectivity index (χ3v) is 7.30. The number of halogens is 2. The van der Waals surface area contributed by atoms with E-state index in [0.29, 0.717) is 18.3 Å². The molecule has 5 N–H and O–H groups in total. The topological polar surface area (TPSA) is 128 Å². The quantitative estimate of drug-likeness (QED) is 0.437. The molecule has 1 aromatic rings. The second-order valence-electron chi connectivity index (χ2n) is 9.26. The minimum Gasteiger partial charge on any atom is -0.480 e. The molecule has 0 aromatic heterocycles. The second-order valence-corrected chi connectivity index (χ2v) is 10.1. The van der Waals surface area contributed by atoms with E-state index < -0.39 is 35.1 Å². The predicted octanol–water partition coefficient (Wildman–Crippen LogP) is 2.56. The van der Waals surface area contributed by atoms with Gasteiger partial charge < -0.3 is 26.2 Å². The molecule has 0 aliphatic heterocycles. The van der Waals surface area contributed by atoms with Crippen LogP contribution in [-0.4, -0.2) is 51.8 Å². The van der Waals surface area contributed by atoms with E-state index >= 15 is 0 Å². The maximum absolute atomic E-state index is 12.6. The van der Waals surface area contributed by atoms with Crippen molar-refractivity contribution in [2.45, 2.75) is 55.7 Å². The van der Waals surface area contributed by atoms with Crippen LogP contribution in [0, 0.1) is 11.8 Å². The van der Waals surface area contributed by atoms with Gasteiger partial charge in [-0.25, -0.2) is 9.59 Å². The van der Waals surface area contributed by atoms with Gasteiger partial charge in [-0.05, 0) is 62.5 Å². The lowest BCUT2D eigenvalue weighted by atomic mass is 9.51. The van der Waals surface area contributed by atoms with E-state index in [-0.39, 0.29) is 22.2 Å². The Morgan fingerprint density at radius 3 is 2.26 bits per heavy atom. The third kappa shape index (κ3) is 4.61. The SMILES string of the molecule is O=C(NC[C@H](NC(=O)c1c(Cl)cccc1Cl)C(=O)O)NC12CC3CC(CC(O)(C3)C1)C2. The van der Waals surface area contributed by atoms with Crippen LogP contribution in [0.1, 0.15) is 48.9 Å². The number of carbonyl (C=O) groups excluding carboxylic acids is 2. The molecule has 10 heteroatoms. The van der Waals surface area contributed by atoms with Gasteiger partial charge in [-0.15, -0.1) is 0 Å². The van der Waals surface area contributed by atoms with Gasteiger partial charge in [0.25, 0.3) is 5.91 Å². The zero-order chi connectivity index (χ0) is 22.4. The normalized spacial score (nSPS) is 31.7. The van der Waals surface area contributed by atoms with Crippen molar-refractivity contribution in [2.24, 2.45) is 11.8 Å². The summed E-state index contributed by atoms with van der Waals surface area (Å²) >= 11 is 12.0. The number of hydrogen-bond donors (Lipinski definition) is 5. The molecular weight excluding hydrogens is 445 g/mol. The van der Waals surface area contributed by atoms with Crippen molar-refractivity contribution in [1.29, 1.82) is 0 Å². The van der Waals surface area contributed by atoms with Crippen molar-refractivity contribution in [3.8, 4) is 0 Å². The smallest absolute Gasteiger partial charge is 0.328 e. The van der Waals surface area contributed by atoms with Crippen LogP contribution in [-0.2, 0) is 4.79 Å². The fraction of sp³-hybridized carbons (Fsp3) is 0.571. The Morgan fingerprint density at radius 2 is 1.71 bits per heavy atom. The molecule has 5 rings (SSSR count). The Labute approximate surface area is 189 Å². The van der Waals surface area contributed by atoms with Crippen LogP contribution >= 0.6 is 23.2 Å². The summed E-state index contributed by atoms with van der Waals surface area (Å²) < 4.78 is 0. The van der Waals surface area contributed by atoms with Crippen LogP contribution in [0.3, 0.4) is 0 Å². The largest absolute Gasteiger partial charge is 0.480 e. The van der Waals surface area contributed by atoms with Gasteiger partial charge in [0, 0.05) is 5.54 Å². The molecule has 4 aliphatic carbocycles. The number of carbonyl (C=O) groups is 3. The maximum atomic E-state index is 12.6. The van der Waals surface area contributed by atoms with E-state index in [2.05, 4.69) is 16.0 Å². The minimum atomic E-state index is -1.37. The van der Waals surface area contributed by atoms with Crippen molar-refractivity contribution in [3.05, 3.63) is 33.8 Å². The summed E-state index contributed by atoms with van der Waals surface area (Å²) in [5.41, 5.74) is -1.21. The van der Waals surface area contributed by atoms with Gasteiger partial charge in [-0.2, -0.15) is 0 Å². The molecule has 168 valence electrons. The summed E-state index contributed by atoms with van der Waals surface area (Å²) in [6.45, 7) is -0.317. The van der Waals surface area contributed by atoms with Crippen LogP contribution in [0.2, 0.25) is 10.0 Å². The lowest BCUT2D eigenvalue weighted by molar-refractivity contribution is -0.139. The van der Waals surface area contributed by atoms with Crippen molar-refractivity contribution in [3.63, 3.8) is 0 Å². The van der Waals surface area contributed by atoms with Crippen LogP contribution in [0.25, 0.3) is 0 Å². The van der Waals surface area contributed by atoms with E-state index in [1.807, 2.05) is 0 Å². The average Bonchev–Trinajstić information content (AvgIpc) is 2.62. The van der Waals surface area contributed by atoms with E-state index in [1.54, 1.807) is 6.07 Å². The Morgan fingerprint density at radius 1 is 1.10 bits per heavy atom. The van der Waals surface area contributed by atoms with E-state index in [1.165, 1.54) is 12.1 Å². The van der Waals surface area contributed by atoms with Crippen molar-refractivity contribution < 1.29 is 24.6 Å². The number of urea groups is 1. The Hall–Kier alpha value is -2.03. The van der Waals surface area contributed by atoms with Gasteiger partial charge in [-0.3, -0.25) is 4.79 Å². The van der Waals surface area contributed by atoms with E-state index in [4.69, 9.17) is 23.2 Å². The first kappa shape index (κ1) is 22.2. The van der Waals surface area contributed by atoms with Crippen molar-refractivity contribution in [2.75, 3.05) is 6.54 Å². The van der Waals surface area contributed by atoms with Crippen LogP contribution in [0.4, 0.5) is 4.79 Å². The molecule has 31 heavy (non-hydrogen) atoms. The molecule has 4 bridgehead atoms. The number of carboxylic acid groups (broad SMARTS) is 1. The molecule has 1 aromatic carbocycles. The minimum absolute atomic E-state index is 0.0247. The fourth-order valence-electron chi connectivity index (χ4n) is 5.99. The van der Waals surface area contributed by atoms with Crippen LogP contribution in [0.5, 0.6) is 0 Å². The highest BCUT2D eigenvalue weighted by Gasteiger charge is 2.57. The molecule has 2 unspecified atom stereocenters. The van der Waals surface area contributed by atoms with Crippen molar-refractivity contribution >= 4 is 41.1 Å². The molecule has 0 heterocycles. The van der Waals surface area contributed by atoms with E-state index in [0.717, 1.165) is 32.1 Å². The lowest BCUT2D eigenvalue weighted by Gasteiger charge is -2.60. The molecule has 3 amide bonds. The first-order chi connectivity index (χ1) is 14.6. The fourth-order valence-corrected chi connectivity index (χ4v) is 6.55. The highest BCUT2D eigenvalue weighted by Crippen LogP contribution is 2.57. The Bertz CT molecular complexity index is 890. The first-order valence-electron chi connectivity index (χ1n) is 10.3. The Balaban J connectivity index is 1.36. The number of aliphatic carboxylic acids is 1. The summed E-state index contributed by atoms with van der Waals surface area (Å²) in [6, 6.07) is 2.64. The molecule has 4 fully saturated rings. The second kappa shape index (κ2) is 8.15. The number of amides is 3.